The Kier molecular flexibility index (Phi) is 3.03. The lowest BCUT2D eigenvalue weighted by atomic mass is 10.2. The second-order valence-corrected chi connectivity index (χ2v) is 7.10. The molecule has 3 rings (SSSR count). The molecule has 0 spiro atoms. The summed E-state index contributed by atoms with van der Waals surface area (Å²) < 4.78 is 25.2. The van der Waals surface area contributed by atoms with Crippen molar-refractivity contribution >= 4 is 15.5 Å². The van der Waals surface area contributed by atoms with Crippen molar-refractivity contribution in [2.24, 2.45) is 0 Å². The maximum absolute atomic E-state index is 12.6. The van der Waals surface area contributed by atoms with Gasteiger partial charge in [-0.05, 0) is 30.7 Å². The predicted octanol–water partition coefficient (Wildman–Crippen LogP) is 2.55. The first-order chi connectivity index (χ1) is 9.50. The summed E-state index contributed by atoms with van der Waals surface area (Å²) in [5, 5.41) is 10.1. The highest BCUT2D eigenvalue weighted by molar-refractivity contribution is 7.92. The van der Waals surface area contributed by atoms with Crippen LogP contribution in [0.4, 0.5) is 5.69 Å². The van der Waals surface area contributed by atoms with Crippen molar-refractivity contribution in [3.05, 3.63) is 59.7 Å². The van der Waals surface area contributed by atoms with Gasteiger partial charge in [-0.1, -0.05) is 35.9 Å². The molecular formula is C15H15NO3S. The van der Waals surface area contributed by atoms with Crippen LogP contribution in [0.2, 0.25) is 0 Å². The number of anilines is 1. The third-order valence-electron chi connectivity index (χ3n) is 3.61. The van der Waals surface area contributed by atoms with Crippen molar-refractivity contribution in [1.29, 1.82) is 0 Å². The Bertz CT molecular complexity index is 738. The van der Waals surface area contributed by atoms with E-state index in [4.69, 9.17) is 0 Å². The van der Waals surface area contributed by atoms with Crippen molar-refractivity contribution in [2.45, 2.75) is 23.6 Å². The third-order valence-corrected chi connectivity index (χ3v) is 5.63. The topological polar surface area (TPSA) is 57.6 Å². The number of hydrogen-bond donors (Lipinski definition) is 1. The Morgan fingerprint density at radius 1 is 1.10 bits per heavy atom. The average molecular weight is 289 g/mol. The van der Waals surface area contributed by atoms with Crippen molar-refractivity contribution in [3.8, 4) is 0 Å². The molecule has 5 heteroatoms. The minimum atomic E-state index is -3.60. The van der Waals surface area contributed by atoms with Gasteiger partial charge in [0.05, 0.1) is 10.6 Å². The standard InChI is InChI=1S/C15H15NO3S/c1-11-6-8-13(9-7-11)20(18,19)15-10-12-4-2-3-5-14(12)16(15)17/h2-9,15,17H,10H2,1H3. The van der Waals surface area contributed by atoms with Gasteiger partial charge in [-0.15, -0.1) is 0 Å². The zero-order chi connectivity index (χ0) is 14.3. The van der Waals surface area contributed by atoms with E-state index in [1.165, 1.54) is 0 Å². The van der Waals surface area contributed by atoms with Crippen LogP contribution in [-0.2, 0) is 16.3 Å². The van der Waals surface area contributed by atoms with E-state index in [1.807, 2.05) is 19.1 Å². The summed E-state index contributed by atoms with van der Waals surface area (Å²) in [5.74, 6) is 0. The zero-order valence-corrected chi connectivity index (χ0v) is 11.8. The molecule has 1 atom stereocenters. The van der Waals surface area contributed by atoms with Crippen LogP contribution in [0, 0.1) is 6.92 Å². The first-order valence-corrected chi connectivity index (χ1v) is 7.91. The number of para-hydroxylation sites is 1. The summed E-state index contributed by atoms with van der Waals surface area (Å²) in [7, 11) is -3.60. The molecule has 1 N–H and O–H groups in total. The molecule has 0 amide bonds. The molecule has 2 aromatic carbocycles. The number of sulfone groups is 1. The molecule has 1 aliphatic heterocycles. The molecule has 104 valence electrons. The fourth-order valence-electron chi connectivity index (χ4n) is 2.46. The summed E-state index contributed by atoms with van der Waals surface area (Å²) >= 11 is 0. The van der Waals surface area contributed by atoms with Gasteiger partial charge in [-0.3, -0.25) is 5.21 Å². The van der Waals surface area contributed by atoms with Gasteiger partial charge in [0.1, 0.15) is 0 Å². The van der Waals surface area contributed by atoms with E-state index in [9.17, 15) is 13.6 Å². The molecule has 0 radical (unpaired) electrons. The Hall–Kier alpha value is -1.85. The number of benzene rings is 2. The van der Waals surface area contributed by atoms with E-state index in [2.05, 4.69) is 0 Å². The summed E-state index contributed by atoms with van der Waals surface area (Å²) in [6.45, 7) is 1.90. The summed E-state index contributed by atoms with van der Waals surface area (Å²) in [6.07, 6.45) is 0.295. The Morgan fingerprint density at radius 3 is 2.40 bits per heavy atom. The van der Waals surface area contributed by atoms with Gasteiger partial charge in [0, 0.05) is 6.42 Å². The molecule has 20 heavy (non-hydrogen) atoms. The van der Waals surface area contributed by atoms with Crippen LogP contribution in [-0.4, -0.2) is 19.0 Å². The van der Waals surface area contributed by atoms with Gasteiger partial charge in [0.25, 0.3) is 0 Å². The first-order valence-electron chi connectivity index (χ1n) is 6.37. The third kappa shape index (κ3) is 1.99. The highest BCUT2D eigenvalue weighted by Crippen LogP contribution is 2.34. The monoisotopic (exact) mass is 289 g/mol. The maximum atomic E-state index is 12.6. The van der Waals surface area contributed by atoms with E-state index in [0.29, 0.717) is 12.1 Å². The molecule has 0 saturated carbocycles. The Balaban J connectivity index is 2.00. The summed E-state index contributed by atoms with van der Waals surface area (Å²) in [4.78, 5) is 0.236. The molecule has 0 fully saturated rings. The molecule has 0 aromatic heterocycles. The fraction of sp³-hybridized carbons (Fsp3) is 0.200. The van der Waals surface area contributed by atoms with Crippen LogP contribution in [0.5, 0.6) is 0 Å². The smallest absolute Gasteiger partial charge is 0.202 e. The first kappa shape index (κ1) is 13.1. The molecule has 1 unspecified atom stereocenters. The van der Waals surface area contributed by atoms with Crippen molar-refractivity contribution in [2.75, 3.05) is 5.06 Å². The van der Waals surface area contributed by atoms with Crippen molar-refractivity contribution < 1.29 is 13.6 Å². The second-order valence-electron chi connectivity index (χ2n) is 4.99. The van der Waals surface area contributed by atoms with E-state index < -0.39 is 15.2 Å². The highest BCUT2D eigenvalue weighted by atomic mass is 32.2. The van der Waals surface area contributed by atoms with Gasteiger partial charge < -0.3 is 0 Å². The molecular weight excluding hydrogens is 274 g/mol. The van der Waals surface area contributed by atoms with Gasteiger partial charge >= 0.3 is 0 Å². The van der Waals surface area contributed by atoms with E-state index in [0.717, 1.165) is 16.2 Å². The molecule has 1 heterocycles. The number of fused-ring (bicyclic) bond motifs is 1. The van der Waals surface area contributed by atoms with Crippen LogP contribution < -0.4 is 5.06 Å². The van der Waals surface area contributed by atoms with E-state index in [-0.39, 0.29) is 4.90 Å². The minimum absolute atomic E-state index is 0.236. The molecule has 0 aliphatic carbocycles. The summed E-state index contributed by atoms with van der Waals surface area (Å²) in [6, 6.07) is 13.9. The highest BCUT2D eigenvalue weighted by Gasteiger charge is 2.38. The SMILES string of the molecule is Cc1ccc(S(=O)(=O)C2Cc3ccccc3N2O)cc1. The van der Waals surface area contributed by atoms with E-state index in [1.54, 1.807) is 36.4 Å². The number of hydroxylamine groups is 1. The van der Waals surface area contributed by atoms with Crippen LogP contribution in [0.25, 0.3) is 0 Å². The van der Waals surface area contributed by atoms with Crippen LogP contribution in [0.15, 0.2) is 53.4 Å². The minimum Gasteiger partial charge on any atom is -0.287 e. The van der Waals surface area contributed by atoms with Crippen LogP contribution in [0.1, 0.15) is 11.1 Å². The van der Waals surface area contributed by atoms with Gasteiger partial charge in [0.15, 0.2) is 5.37 Å². The van der Waals surface area contributed by atoms with E-state index >= 15 is 0 Å². The molecule has 1 aliphatic rings. The second kappa shape index (κ2) is 4.61. The molecule has 0 bridgehead atoms. The number of hydrogen-bond acceptors (Lipinski definition) is 4. The largest absolute Gasteiger partial charge is 0.287 e. The molecule has 0 saturated heterocycles. The van der Waals surface area contributed by atoms with Crippen molar-refractivity contribution in [3.63, 3.8) is 0 Å². The number of rotatable bonds is 2. The quantitative estimate of drug-likeness (QED) is 0.923. The predicted molar refractivity (Wildman–Crippen MR) is 76.6 cm³/mol. The lowest BCUT2D eigenvalue weighted by Gasteiger charge is -2.20. The van der Waals surface area contributed by atoms with Gasteiger partial charge in [0.2, 0.25) is 9.84 Å². The van der Waals surface area contributed by atoms with Gasteiger partial charge in [-0.25, -0.2) is 13.5 Å². The molecule has 2 aromatic rings. The fourth-order valence-corrected chi connectivity index (χ4v) is 4.07. The number of nitrogens with zero attached hydrogens (tertiary/aromatic N) is 1. The lowest BCUT2D eigenvalue weighted by Crippen LogP contribution is -2.36. The Morgan fingerprint density at radius 2 is 1.75 bits per heavy atom. The average Bonchev–Trinajstić information content (AvgIpc) is 2.78. The van der Waals surface area contributed by atoms with Crippen LogP contribution in [0.3, 0.4) is 0 Å². The van der Waals surface area contributed by atoms with Crippen LogP contribution >= 0.6 is 0 Å². The zero-order valence-electron chi connectivity index (χ0n) is 11.0. The Labute approximate surface area is 118 Å². The molecule has 4 nitrogen and oxygen atoms in total. The normalized spacial score (nSPS) is 18.1. The van der Waals surface area contributed by atoms with Gasteiger partial charge in [-0.2, -0.15) is 0 Å². The van der Waals surface area contributed by atoms with Crippen molar-refractivity contribution in [1.82, 2.24) is 0 Å². The summed E-state index contributed by atoms with van der Waals surface area (Å²) in [5.41, 5.74) is 2.41. The maximum Gasteiger partial charge on any atom is 0.202 e. The number of aryl methyl sites for hydroxylation is 1. The lowest BCUT2D eigenvalue weighted by molar-refractivity contribution is 0.250.